The van der Waals surface area contributed by atoms with Crippen molar-refractivity contribution in [1.82, 2.24) is 15.2 Å². The number of furan rings is 1. The Bertz CT molecular complexity index is 721. The fourth-order valence-electron chi connectivity index (χ4n) is 2.70. The van der Waals surface area contributed by atoms with Crippen molar-refractivity contribution in [3.05, 3.63) is 30.3 Å². The largest absolute Gasteiger partial charge is 0.453 e. The number of piperidine rings is 1. The summed E-state index contributed by atoms with van der Waals surface area (Å²) in [5.74, 6) is 2.09. The van der Waals surface area contributed by atoms with Gasteiger partial charge in [-0.3, -0.25) is 5.10 Å². The number of hydrogen-bond donors (Lipinski definition) is 2. The van der Waals surface area contributed by atoms with E-state index in [1.165, 1.54) is 0 Å². The van der Waals surface area contributed by atoms with E-state index in [-0.39, 0.29) is 0 Å². The number of hydrogen-bond acceptors (Lipinski definition) is 5. The topological polar surface area (TPSA) is 84.0 Å². The molecule has 6 heteroatoms. The third kappa shape index (κ3) is 2.27. The summed E-state index contributed by atoms with van der Waals surface area (Å²) in [5.41, 5.74) is 6.78. The fraction of sp³-hybridized carbons (Fsp3) is 0.333. The number of aromatic amines is 1. The zero-order valence-electron chi connectivity index (χ0n) is 11.6. The number of benzene rings is 1. The molecule has 0 bridgehead atoms. The second kappa shape index (κ2) is 4.89. The number of H-pyrrole nitrogens is 1. The summed E-state index contributed by atoms with van der Waals surface area (Å²) in [4.78, 5) is 6.71. The molecule has 6 nitrogen and oxygen atoms in total. The molecule has 3 N–H and O–H groups in total. The van der Waals surface area contributed by atoms with Gasteiger partial charge >= 0.3 is 0 Å². The van der Waals surface area contributed by atoms with Crippen LogP contribution in [0.3, 0.4) is 0 Å². The van der Waals surface area contributed by atoms with Crippen LogP contribution >= 0.6 is 0 Å². The maximum atomic E-state index is 5.92. The number of fused-ring (bicyclic) bond motifs is 1. The molecule has 1 aliphatic heterocycles. The van der Waals surface area contributed by atoms with Crippen molar-refractivity contribution in [3.8, 4) is 11.6 Å². The lowest BCUT2D eigenvalue weighted by Gasteiger charge is -2.28. The van der Waals surface area contributed by atoms with Crippen LogP contribution in [0.4, 0.5) is 5.95 Å². The van der Waals surface area contributed by atoms with E-state index in [1.807, 2.05) is 30.3 Å². The lowest BCUT2D eigenvalue weighted by atomic mass is 10.1. The minimum Gasteiger partial charge on any atom is -0.453 e. The Balaban J connectivity index is 1.61. The van der Waals surface area contributed by atoms with Gasteiger partial charge in [0.2, 0.25) is 5.95 Å². The van der Waals surface area contributed by atoms with Gasteiger partial charge in [-0.25, -0.2) is 0 Å². The summed E-state index contributed by atoms with van der Waals surface area (Å²) < 4.78 is 5.80. The van der Waals surface area contributed by atoms with E-state index in [2.05, 4.69) is 20.1 Å². The summed E-state index contributed by atoms with van der Waals surface area (Å²) in [6, 6.07) is 10.2. The third-order valence-electron chi connectivity index (χ3n) is 3.95. The third-order valence-corrected chi connectivity index (χ3v) is 3.95. The Morgan fingerprint density at radius 2 is 2.05 bits per heavy atom. The van der Waals surface area contributed by atoms with Gasteiger partial charge < -0.3 is 15.1 Å². The zero-order valence-corrected chi connectivity index (χ0v) is 11.6. The van der Waals surface area contributed by atoms with Gasteiger partial charge in [-0.1, -0.05) is 18.2 Å². The summed E-state index contributed by atoms with van der Waals surface area (Å²) in [6.45, 7) is 1.80. The molecule has 21 heavy (non-hydrogen) atoms. The number of rotatable bonds is 2. The second-order valence-electron chi connectivity index (χ2n) is 5.46. The molecule has 3 heterocycles. The molecule has 1 saturated heterocycles. The molecule has 2 aromatic heterocycles. The molecule has 0 unspecified atom stereocenters. The Hall–Kier alpha value is -2.34. The predicted molar refractivity (Wildman–Crippen MR) is 81.0 cm³/mol. The molecule has 3 aromatic rings. The molecule has 108 valence electrons. The predicted octanol–water partition coefficient (Wildman–Crippen LogP) is 2.15. The molecule has 0 saturated carbocycles. The van der Waals surface area contributed by atoms with Gasteiger partial charge in [0.15, 0.2) is 11.6 Å². The minimum absolute atomic E-state index is 0.301. The van der Waals surface area contributed by atoms with Crippen LogP contribution in [0.1, 0.15) is 12.8 Å². The average molecular weight is 283 g/mol. The quantitative estimate of drug-likeness (QED) is 0.752. The normalized spacial score (nSPS) is 16.7. The number of nitrogens with two attached hydrogens (primary N) is 1. The molecule has 1 aliphatic rings. The van der Waals surface area contributed by atoms with Crippen molar-refractivity contribution in [2.45, 2.75) is 18.9 Å². The van der Waals surface area contributed by atoms with Crippen molar-refractivity contribution in [1.29, 1.82) is 0 Å². The molecular formula is C15H17N5O. The van der Waals surface area contributed by atoms with Crippen molar-refractivity contribution >= 4 is 16.9 Å². The molecule has 0 amide bonds. The maximum absolute atomic E-state index is 5.92. The smallest absolute Gasteiger partial charge is 0.245 e. The van der Waals surface area contributed by atoms with Crippen LogP contribution in [-0.4, -0.2) is 34.3 Å². The van der Waals surface area contributed by atoms with E-state index in [0.29, 0.717) is 17.6 Å². The van der Waals surface area contributed by atoms with Gasteiger partial charge in [0.05, 0.1) is 0 Å². The Kier molecular flexibility index (Phi) is 2.89. The number of aromatic nitrogens is 3. The lowest BCUT2D eigenvalue weighted by molar-refractivity contribution is 0.496. The SMILES string of the molecule is NC1CCN(c2n[nH]c(-c3cc4ccccc4o3)n2)CC1. The van der Waals surface area contributed by atoms with E-state index in [1.54, 1.807) is 0 Å². The highest BCUT2D eigenvalue weighted by atomic mass is 16.3. The highest BCUT2D eigenvalue weighted by Gasteiger charge is 2.20. The van der Waals surface area contributed by atoms with E-state index in [9.17, 15) is 0 Å². The number of nitrogens with zero attached hydrogens (tertiary/aromatic N) is 3. The number of anilines is 1. The lowest BCUT2D eigenvalue weighted by Crippen LogP contribution is -2.40. The van der Waals surface area contributed by atoms with Crippen LogP contribution < -0.4 is 10.6 Å². The number of para-hydroxylation sites is 1. The van der Waals surface area contributed by atoms with Gasteiger partial charge in [0.1, 0.15) is 5.58 Å². The van der Waals surface area contributed by atoms with E-state index < -0.39 is 0 Å². The zero-order chi connectivity index (χ0) is 14.2. The highest BCUT2D eigenvalue weighted by molar-refractivity contribution is 5.81. The van der Waals surface area contributed by atoms with Crippen LogP contribution in [0, 0.1) is 0 Å². The minimum atomic E-state index is 0.301. The molecule has 0 spiro atoms. The van der Waals surface area contributed by atoms with E-state index in [4.69, 9.17) is 10.2 Å². The standard InChI is InChI=1S/C15H17N5O/c16-11-5-7-20(8-6-11)15-17-14(18-19-15)13-9-10-3-1-2-4-12(10)21-13/h1-4,9,11H,5-8,16H2,(H,17,18,19). The highest BCUT2D eigenvalue weighted by Crippen LogP contribution is 2.26. The van der Waals surface area contributed by atoms with E-state index in [0.717, 1.165) is 42.8 Å². The van der Waals surface area contributed by atoms with Gasteiger partial charge in [0.25, 0.3) is 0 Å². The Morgan fingerprint density at radius 3 is 2.86 bits per heavy atom. The Labute approximate surface area is 122 Å². The van der Waals surface area contributed by atoms with Crippen molar-refractivity contribution in [3.63, 3.8) is 0 Å². The van der Waals surface area contributed by atoms with Crippen molar-refractivity contribution in [2.75, 3.05) is 18.0 Å². The van der Waals surface area contributed by atoms with E-state index >= 15 is 0 Å². The summed E-state index contributed by atoms with van der Waals surface area (Å²) in [7, 11) is 0. The first kappa shape index (κ1) is 12.4. The molecule has 4 rings (SSSR count). The molecule has 1 fully saturated rings. The molecular weight excluding hydrogens is 266 g/mol. The summed E-state index contributed by atoms with van der Waals surface area (Å²) in [5, 5.41) is 8.33. The fourth-order valence-corrected chi connectivity index (χ4v) is 2.70. The van der Waals surface area contributed by atoms with Gasteiger partial charge in [0, 0.05) is 24.5 Å². The van der Waals surface area contributed by atoms with Gasteiger partial charge in [-0.05, 0) is 25.0 Å². The van der Waals surface area contributed by atoms with Crippen LogP contribution in [0.25, 0.3) is 22.6 Å². The van der Waals surface area contributed by atoms with Crippen LogP contribution in [0.15, 0.2) is 34.7 Å². The maximum Gasteiger partial charge on any atom is 0.245 e. The van der Waals surface area contributed by atoms with Crippen molar-refractivity contribution < 1.29 is 4.42 Å². The first-order valence-electron chi connectivity index (χ1n) is 7.21. The molecule has 0 radical (unpaired) electrons. The Morgan fingerprint density at radius 1 is 1.24 bits per heavy atom. The second-order valence-corrected chi connectivity index (χ2v) is 5.46. The molecule has 1 aromatic carbocycles. The summed E-state index contributed by atoms with van der Waals surface area (Å²) >= 11 is 0. The van der Waals surface area contributed by atoms with Crippen molar-refractivity contribution in [2.24, 2.45) is 5.73 Å². The van der Waals surface area contributed by atoms with Crippen LogP contribution in [-0.2, 0) is 0 Å². The molecule has 0 atom stereocenters. The van der Waals surface area contributed by atoms with Gasteiger partial charge in [-0.2, -0.15) is 4.98 Å². The van der Waals surface area contributed by atoms with Crippen LogP contribution in [0.5, 0.6) is 0 Å². The van der Waals surface area contributed by atoms with Crippen LogP contribution in [0.2, 0.25) is 0 Å². The summed E-state index contributed by atoms with van der Waals surface area (Å²) in [6.07, 6.45) is 1.96. The van der Waals surface area contributed by atoms with Gasteiger partial charge in [-0.15, -0.1) is 5.10 Å². The number of nitrogens with one attached hydrogen (secondary N) is 1. The first-order chi connectivity index (χ1) is 10.3. The average Bonchev–Trinajstić information content (AvgIpc) is 3.14. The first-order valence-corrected chi connectivity index (χ1v) is 7.21. The molecule has 0 aliphatic carbocycles. The monoisotopic (exact) mass is 283 g/mol.